The molecule has 1 rings (SSSR count). The van der Waals surface area contributed by atoms with Crippen LogP contribution in [0.25, 0.3) is 6.08 Å². The van der Waals surface area contributed by atoms with Crippen LogP contribution in [0, 0.1) is 0 Å². The molecule has 0 atom stereocenters. The Labute approximate surface area is 122 Å². The maximum Gasteiger partial charge on any atom is 0.573 e. The molecular formula is C12H9ClF3NO4. The zero-order valence-electron chi connectivity index (χ0n) is 10.5. The fourth-order valence-corrected chi connectivity index (χ4v) is 1.57. The van der Waals surface area contributed by atoms with Gasteiger partial charge < -0.3 is 15.2 Å². The van der Waals surface area contributed by atoms with E-state index in [1.54, 1.807) is 0 Å². The lowest BCUT2D eigenvalue weighted by molar-refractivity contribution is -0.274. The van der Waals surface area contributed by atoms with Crippen LogP contribution < -0.4 is 10.1 Å². The number of alkyl halides is 3. The van der Waals surface area contributed by atoms with Crippen LogP contribution in [0.5, 0.6) is 5.75 Å². The number of hydrogen-bond acceptors (Lipinski definition) is 3. The molecule has 1 aromatic rings. The van der Waals surface area contributed by atoms with E-state index < -0.39 is 24.0 Å². The average Bonchev–Trinajstić information content (AvgIpc) is 2.28. The number of carbonyl (C=O) groups is 2. The molecule has 0 saturated carbocycles. The Balaban J connectivity index is 3.29. The molecule has 1 aromatic carbocycles. The van der Waals surface area contributed by atoms with E-state index in [4.69, 9.17) is 16.7 Å². The molecule has 0 radical (unpaired) electrons. The standard InChI is InChI=1S/C12H9ClF3NO4/c1-6(18)17-9-5-8(13)10(21-12(14,15)16)4-7(9)2-3-11(19)20/h2-5H,1H3,(H,17,18)(H,19,20). The fourth-order valence-electron chi connectivity index (χ4n) is 1.37. The number of nitrogens with one attached hydrogen (secondary N) is 1. The molecule has 0 aromatic heterocycles. The predicted octanol–water partition coefficient (Wildman–Crippen LogP) is 3.29. The lowest BCUT2D eigenvalue weighted by Gasteiger charge is -2.14. The average molecular weight is 324 g/mol. The van der Waals surface area contributed by atoms with Gasteiger partial charge in [-0.2, -0.15) is 0 Å². The minimum atomic E-state index is -4.95. The summed E-state index contributed by atoms with van der Waals surface area (Å²) >= 11 is 5.64. The lowest BCUT2D eigenvalue weighted by Crippen LogP contribution is -2.17. The maximum absolute atomic E-state index is 12.2. The number of anilines is 1. The van der Waals surface area contributed by atoms with Crippen LogP contribution >= 0.6 is 11.6 Å². The van der Waals surface area contributed by atoms with Crippen LogP contribution in [0.2, 0.25) is 5.02 Å². The summed E-state index contributed by atoms with van der Waals surface area (Å²) in [5, 5.41) is 10.5. The van der Waals surface area contributed by atoms with Crippen molar-refractivity contribution in [2.24, 2.45) is 0 Å². The van der Waals surface area contributed by atoms with Gasteiger partial charge in [-0.05, 0) is 18.2 Å². The van der Waals surface area contributed by atoms with Gasteiger partial charge in [-0.1, -0.05) is 11.6 Å². The third-order valence-corrected chi connectivity index (χ3v) is 2.34. The second-order valence-corrected chi connectivity index (χ2v) is 4.18. The Morgan fingerprint density at radius 2 is 2.00 bits per heavy atom. The summed E-state index contributed by atoms with van der Waals surface area (Å²) < 4.78 is 40.4. The Morgan fingerprint density at radius 1 is 1.38 bits per heavy atom. The quantitative estimate of drug-likeness (QED) is 0.834. The van der Waals surface area contributed by atoms with Crippen LogP contribution in [-0.2, 0) is 9.59 Å². The molecule has 0 aliphatic heterocycles. The number of benzene rings is 1. The molecule has 0 saturated heterocycles. The molecule has 0 fully saturated rings. The molecule has 0 bridgehead atoms. The highest BCUT2D eigenvalue weighted by Crippen LogP contribution is 2.35. The van der Waals surface area contributed by atoms with Gasteiger partial charge >= 0.3 is 12.3 Å². The van der Waals surface area contributed by atoms with Crippen LogP contribution in [0.4, 0.5) is 18.9 Å². The van der Waals surface area contributed by atoms with Gasteiger partial charge in [0, 0.05) is 24.3 Å². The van der Waals surface area contributed by atoms with E-state index in [0.717, 1.165) is 18.2 Å². The van der Waals surface area contributed by atoms with E-state index in [9.17, 15) is 22.8 Å². The van der Waals surface area contributed by atoms with E-state index in [1.807, 2.05) is 0 Å². The lowest BCUT2D eigenvalue weighted by atomic mass is 10.1. The van der Waals surface area contributed by atoms with Crippen molar-refractivity contribution in [3.05, 3.63) is 28.8 Å². The molecule has 21 heavy (non-hydrogen) atoms. The smallest absolute Gasteiger partial charge is 0.478 e. The Bertz CT molecular complexity index is 599. The molecule has 0 unspecified atom stereocenters. The molecular weight excluding hydrogens is 315 g/mol. The van der Waals surface area contributed by atoms with Crippen molar-refractivity contribution in [1.29, 1.82) is 0 Å². The fraction of sp³-hybridized carbons (Fsp3) is 0.167. The first-order valence-electron chi connectivity index (χ1n) is 5.36. The topological polar surface area (TPSA) is 75.6 Å². The third kappa shape index (κ3) is 5.74. The molecule has 114 valence electrons. The summed E-state index contributed by atoms with van der Waals surface area (Å²) in [5.41, 5.74) is 0.0516. The van der Waals surface area contributed by atoms with Crippen molar-refractivity contribution in [3.8, 4) is 5.75 Å². The second kappa shape index (κ2) is 6.49. The zero-order chi connectivity index (χ0) is 16.2. The normalized spacial score (nSPS) is 11.5. The third-order valence-electron chi connectivity index (χ3n) is 2.05. The van der Waals surface area contributed by atoms with E-state index >= 15 is 0 Å². The van der Waals surface area contributed by atoms with Gasteiger partial charge in [0.1, 0.15) is 5.75 Å². The predicted molar refractivity (Wildman–Crippen MR) is 69.1 cm³/mol. The molecule has 5 nitrogen and oxygen atoms in total. The number of aliphatic carboxylic acids is 1. The van der Waals surface area contributed by atoms with Crippen LogP contribution in [0.1, 0.15) is 12.5 Å². The van der Waals surface area contributed by atoms with Gasteiger partial charge in [-0.15, -0.1) is 13.2 Å². The Kier molecular flexibility index (Phi) is 5.20. The van der Waals surface area contributed by atoms with Crippen molar-refractivity contribution in [1.82, 2.24) is 0 Å². The first-order valence-corrected chi connectivity index (χ1v) is 5.74. The first-order chi connectivity index (χ1) is 9.58. The van der Waals surface area contributed by atoms with Crippen LogP contribution in [-0.4, -0.2) is 23.3 Å². The molecule has 0 aliphatic carbocycles. The van der Waals surface area contributed by atoms with Crippen molar-refractivity contribution >= 4 is 35.2 Å². The van der Waals surface area contributed by atoms with Crippen molar-refractivity contribution in [2.45, 2.75) is 13.3 Å². The number of carboxylic acids is 1. The molecule has 0 spiro atoms. The monoisotopic (exact) mass is 323 g/mol. The number of hydrogen-bond donors (Lipinski definition) is 2. The molecule has 0 heterocycles. The SMILES string of the molecule is CC(=O)Nc1cc(Cl)c(OC(F)(F)F)cc1C=CC(=O)O. The summed E-state index contributed by atoms with van der Waals surface area (Å²) in [6.45, 7) is 1.18. The number of carboxylic acid groups (broad SMARTS) is 1. The van der Waals surface area contributed by atoms with Crippen LogP contribution in [0.15, 0.2) is 18.2 Å². The van der Waals surface area contributed by atoms with Crippen molar-refractivity contribution in [3.63, 3.8) is 0 Å². The van der Waals surface area contributed by atoms with Crippen LogP contribution in [0.3, 0.4) is 0 Å². The largest absolute Gasteiger partial charge is 0.573 e. The maximum atomic E-state index is 12.2. The number of halogens is 4. The highest BCUT2D eigenvalue weighted by molar-refractivity contribution is 6.32. The second-order valence-electron chi connectivity index (χ2n) is 3.77. The molecule has 0 aliphatic rings. The van der Waals surface area contributed by atoms with Gasteiger partial charge in [0.25, 0.3) is 0 Å². The Hall–Kier alpha value is -2.22. The summed E-state index contributed by atoms with van der Waals surface area (Å²) in [5.74, 6) is -2.51. The zero-order valence-corrected chi connectivity index (χ0v) is 11.2. The number of ether oxygens (including phenoxy) is 1. The first kappa shape index (κ1) is 16.8. The number of carbonyl (C=O) groups excluding carboxylic acids is 1. The highest BCUT2D eigenvalue weighted by atomic mass is 35.5. The van der Waals surface area contributed by atoms with Gasteiger partial charge in [-0.3, -0.25) is 4.79 Å². The molecule has 1 amide bonds. The molecule has 9 heteroatoms. The minimum absolute atomic E-state index is 0.00347. The van der Waals surface area contributed by atoms with Crippen molar-refractivity contribution in [2.75, 3.05) is 5.32 Å². The van der Waals surface area contributed by atoms with E-state index in [-0.39, 0.29) is 16.3 Å². The van der Waals surface area contributed by atoms with Crippen molar-refractivity contribution < 1.29 is 32.6 Å². The van der Waals surface area contributed by atoms with E-state index in [0.29, 0.717) is 6.08 Å². The van der Waals surface area contributed by atoms with E-state index in [2.05, 4.69) is 10.1 Å². The highest BCUT2D eigenvalue weighted by Gasteiger charge is 2.32. The Morgan fingerprint density at radius 3 is 2.48 bits per heavy atom. The minimum Gasteiger partial charge on any atom is -0.478 e. The van der Waals surface area contributed by atoms with Gasteiger partial charge in [0.15, 0.2) is 0 Å². The number of rotatable bonds is 4. The summed E-state index contributed by atoms with van der Waals surface area (Å²) in [6.07, 6.45) is -3.24. The van der Waals surface area contributed by atoms with E-state index in [1.165, 1.54) is 6.92 Å². The van der Waals surface area contributed by atoms with Gasteiger partial charge in [0.2, 0.25) is 5.91 Å². The summed E-state index contributed by atoms with van der Waals surface area (Å²) in [4.78, 5) is 21.5. The number of amides is 1. The van der Waals surface area contributed by atoms with Gasteiger partial charge in [-0.25, -0.2) is 4.79 Å². The molecule has 2 N–H and O–H groups in total. The van der Waals surface area contributed by atoms with Gasteiger partial charge in [0.05, 0.1) is 5.02 Å². The summed E-state index contributed by atoms with van der Waals surface area (Å²) in [6, 6.07) is 1.91. The summed E-state index contributed by atoms with van der Waals surface area (Å²) in [7, 11) is 0.